The van der Waals surface area contributed by atoms with Crippen LogP contribution in [0.2, 0.25) is 10.0 Å². The quantitative estimate of drug-likeness (QED) is 0.757. The second kappa shape index (κ2) is 8.13. The molecular weight excluding hydrogens is 335 g/mol. The van der Waals surface area contributed by atoms with Gasteiger partial charge in [0.1, 0.15) is 5.69 Å². The summed E-state index contributed by atoms with van der Waals surface area (Å²) in [5.74, 6) is 0.0824. The number of nitrogens with zero attached hydrogens (tertiary/aromatic N) is 2. The molecule has 23 heavy (non-hydrogen) atoms. The molecule has 0 bridgehead atoms. The fourth-order valence-corrected chi connectivity index (χ4v) is 2.26. The highest BCUT2D eigenvalue weighted by Gasteiger charge is 2.11. The van der Waals surface area contributed by atoms with Gasteiger partial charge in [-0.2, -0.15) is 0 Å². The first-order chi connectivity index (χ1) is 11.0. The summed E-state index contributed by atoms with van der Waals surface area (Å²) in [6, 6.07) is 6.70. The number of amides is 1. The van der Waals surface area contributed by atoms with Crippen molar-refractivity contribution in [2.75, 3.05) is 11.9 Å². The molecule has 0 spiro atoms. The van der Waals surface area contributed by atoms with Gasteiger partial charge in [-0.3, -0.25) is 4.79 Å². The Labute approximate surface area is 145 Å². The van der Waals surface area contributed by atoms with E-state index < -0.39 is 0 Å². The Bertz CT molecular complexity index is 706. The van der Waals surface area contributed by atoms with Gasteiger partial charge in [-0.25, -0.2) is 9.97 Å². The van der Waals surface area contributed by atoms with Crippen molar-refractivity contribution < 1.29 is 4.79 Å². The number of nitrogens with one attached hydrogen (secondary N) is 2. The van der Waals surface area contributed by atoms with Gasteiger partial charge in [0.05, 0.1) is 10.7 Å². The standard InChI is InChI=1S/C16H18Cl2N4O/c1-3-4-7-19-15(23)14-8-10(2)20-16(22-14)21-13-9-11(17)5-6-12(13)18/h5-6,8-9H,3-4,7H2,1-2H3,(H,19,23)(H,20,21,22). The number of hydrogen-bond donors (Lipinski definition) is 2. The fourth-order valence-electron chi connectivity index (χ4n) is 1.92. The number of halogens is 2. The van der Waals surface area contributed by atoms with Gasteiger partial charge < -0.3 is 10.6 Å². The second-order valence-corrected chi connectivity index (χ2v) is 5.92. The Morgan fingerprint density at radius 1 is 1.22 bits per heavy atom. The molecule has 0 atom stereocenters. The van der Waals surface area contributed by atoms with Crippen LogP contribution < -0.4 is 10.6 Å². The van der Waals surface area contributed by atoms with Crippen LogP contribution in [0.25, 0.3) is 0 Å². The Morgan fingerprint density at radius 2 is 2.00 bits per heavy atom. The maximum Gasteiger partial charge on any atom is 0.270 e. The molecule has 0 aliphatic carbocycles. The third kappa shape index (κ3) is 5.08. The first-order valence-electron chi connectivity index (χ1n) is 7.35. The van der Waals surface area contributed by atoms with Crippen molar-refractivity contribution in [1.82, 2.24) is 15.3 Å². The number of hydrogen-bond acceptors (Lipinski definition) is 4. The first-order valence-corrected chi connectivity index (χ1v) is 8.11. The van der Waals surface area contributed by atoms with E-state index in [0.717, 1.165) is 12.8 Å². The van der Waals surface area contributed by atoms with Gasteiger partial charge in [0.2, 0.25) is 5.95 Å². The predicted octanol–water partition coefficient (Wildman–Crippen LogP) is 4.37. The lowest BCUT2D eigenvalue weighted by Gasteiger charge is -2.10. The van der Waals surface area contributed by atoms with Gasteiger partial charge in [0, 0.05) is 17.3 Å². The molecule has 1 heterocycles. The minimum atomic E-state index is -0.218. The van der Waals surface area contributed by atoms with Crippen LogP contribution in [0.3, 0.4) is 0 Å². The molecule has 0 aliphatic rings. The number of carbonyl (C=O) groups is 1. The van der Waals surface area contributed by atoms with Crippen LogP contribution in [0, 0.1) is 6.92 Å². The van der Waals surface area contributed by atoms with Crippen LogP contribution in [0.5, 0.6) is 0 Å². The lowest BCUT2D eigenvalue weighted by Crippen LogP contribution is -2.25. The van der Waals surface area contributed by atoms with E-state index in [0.29, 0.717) is 39.6 Å². The average Bonchev–Trinajstić information content (AvgIpc) is 2.50. The summed E-state index contributed by atoms with van der Waals surface area (Å²) in [5, 5.41) is 6.87. The molecule has 0 saturated heterocycles. The normalized spacial score (nSPS) is 10.4. The van der Waals surface area contributed by atoms with Crippen molar-refractivity contribution in [1.29, 1.82) is 0 Å². The van der Waals surface area contributed by atoms with E-state index in [4.69, 9.17) is 23.2 Å². The van der Waals surface area contributed by atoms with Gasteiger partial charge in [0.15, 0.2) is 0 Å². The number of benzene rings is 1. The van der Waals surface area contributed by atoms with E-state index in [9.17, 15) is 4.79 Å². The van der Waals surface area contributed by atoms with E-state index in [1.165, 1.54) is 0 Å². The van der Waals surface area contributed by atoms with Crippen molar-refractivity contribution in [2.24, 2.45) is 0 Å². The van der Waals surface area contributed by atoms with Crippen LogP contribution in [0.15, 0.2) is 24.3 Å². The smallest absolute Gasteiger partial charge is 0.270 e. The summed E-state index contributed by atoms with van der Waals surface area (Å²) in [4.78, 5) is 20.6. The number of aryl methyl sites for hydroxylation is 1. The van der Waals surface area contributed by atoms with Gasteiger partial charge >= 0.3 is 0 Å². The molecule has 0 aliphatic heterocycles. The van der Waals surface area contributed by atoms with Gasteiger partial charge in [0.25, 0.3) is 5.91 Å². The van der Waals surface area contributed by atoms with Crippen LogP contribution >= 0.6 is 23.2 Å². The summed E-state index contributed by atoms with van der Waals surface area (Å²) >= 11 is 12.1. The molecule has 2 N–H and O–H groups in total. The summed E-state index contributed by atoms with van der Waals surface area (Å²) in [7, 11) is 0. The molecule has 1 aromatic carbocycles. The molecule has 5 nitrogen and oxygen atoms in total. The Morgan fingerprint density at radius 3 is 2.74 bits per heavy atom. The van der Waals surface area contributed by atoms with Crippen LogP contribution in [0.4, 0.5) is 11.6 Å². The lowest BCUT2D eigenvalue weighted by atomic mass is 10.3. The van der Waals surface area contributed by atoms with E-state index in [1.54, 1.807) is 31.2 Å². The maximum atomic E-state index is 12.1. The molecule has 2 rings (SSSR count). The third-order valence-corrected chi connectivity index (χ3v) is 3.64. The Hall–Kier alpha value is -1.85. The Balaban J connectivity index is 2.20. The number of aromatic nitrogens is 2. The molecule has 122 valence electrons. The predicted molar refractivity (Wildman–Crippen MR) is 93.8 cm³/mol. The summed E-state index contributed by atoms with van der Waals surface area (Å²) in [6.45, 7) is 4.49. The van der Waals surface area contributed by atoms with E-state index >= 15 is 0 Å². The van der Waals surface area contributed by atoms with Crippen molar-refractivity contribution in [3.8, 4) is 0 Å². The largest absolute Gasteiger partial charge is 0.351 e. The molecule has 0 fully saturated rings. The van der Waals surface area contributed by atoms with E-state index in [2.05, 4.69) is 27.5 Å². The zero-order valence-corrected chi connectivity index (χ0v) is 14.5. The minimum absolute atomic E-state index is 0.218. The third-order valence-electron chi connectivity index (χ3n) is 3.08. The van der Waals surface area contributed by atoms with Gasteiger partial charge in [-0.15, -0.1) is 0 Å². The SMILES string of the molecule is CCCCNC(=O)c1cc(C)nc(Nc2cc(Cl)ccc2Cl)n1. The molecule has 1 aromatic heterocycles. The van der Waals surface area contributed by atoms with Gasteiger partial charge in [-0.1, -0.05) is 36.5 Å². The van der Waals surface area contributed by atoms with Crippen molar-refractivity contribution in [3.05, 3.63) is 45.7 Å². The topological polar surface area (TPSA) is 66.9 Å². The zero-order valence-electron chi connectivity index (χ0n) is 13.0. The number of carbonyl (C=O) groups excluding carboxylic acids is 1. The average molecular weight is 353 g/mol. The summed E-state index contributed by atoms with van der Waals surface area (Å²) < 4.78 is 0. The highest BCUT2D eigenvalue weighted by Crippen LogP contribution is 2.27. The van der Waals surface area contributed by atoms with Crippen molar-refractivity contribution in [3.63, 3.8) is 0 Å². The van der Waals surface area contributed by atoms with Gasteiger partial charge in [-0.05, 0) is 37.6 Å². The minimum Gasteiger partial charge on any atom is -0.351 e. The molecule has 0 radical (unpaired) electrons. The summed E-state index contributed by atoms with van der Waals surface area (Å²) in [5.41, 5.74) is 1.58. The monoisotopic (exact) mass is 352 g/mol. The fraction of sp³-hybridized carbons (Fsp3) is 0.312. The highest BCUT2D eigenvalue weighted by atomic mass is 35.5. The van der Waals surface area contributed by atoms with E-state index in [1.807, 2.05) is 0 Å². The Kier molecular flexibility index (Phi) is 6.19. The summed E-state index contributed by atoms with van der Waals surface area (Å²) in [6.07, 6.45) is 1.95. The molecule has 1 amide bonds. The number of unbranched alkanes of at least 4 members (excludes halogenated alkanes) is 1. The highest BCUT2D eigenvalue weighted by molar-refractivity contribution is 6.35. The maximum absolute atomic E-state index is 12.1. The number of rotatable bonds is 6. The molecule has 2 aromatic rings. The molecule has 7 heteroatoms. The van der Waals surface area contributed by atoms with Crippen molar-refractivity contribution >= 4 is 40.7 Å². The lowest BCUT2D eigenvalue weighted by molar-refractivity contribution is 0.0948. The first kappa shape index (κ1) is 17.5. The van der Waals surface area contributed by atoms with E-state index in [-0.39, 0.29) is 5.91 Å². The van der Waals surface area contributed by atoms with Crippen LogP contribution in [0.1, 0.15) is 35.9 Å². The molecule has 0 unspecified atom stereocenters. The molecule has 0 saturated carbocycles. The van der Waals surface area contributed by atoms with Crippen LogP contribution in [-0.2, 0) is 0 Å². The molecular formula is C16H18Cl2N4O. The second-order valence-electron chi connectivity index (χ2n) is 5.08. The van der Waals surface area contributed by atoms with Crippen LogP contribution in [-0.4, -0.2) is 22.4 Å². The van der Waals surface area contributed by atoms with Crippen molar-refractivity contribution in [2.45, 2.75) is 26.7 Å². The number of anilines is 2. The zero-order chi connectivity index (χ0) is 16.8.